The van der Waals surface area contributed by atoms with Crippen molar-refractivity contribution >= 4 is 11.9 Å². The van der Waals surface area contributed by atoms with Crippen LogP contribution in [0.15, 0.2) is 0 Å². The first-order valence-corrected chi connectivity index (χ1v) is 4.63. The van der Waals surface area contributed by atoms with Crippen molar-refractivity contribution in [2.75, 3.05) is 13.7 Å². The molecule has 1 amide bonds. The van der Waals surface area contributed by atoms with Crippen molar-refractivity contribution in [1.82, 2.24) is 5.32 Å². The number of ether oxygens (including phenoxy) is 2. The Bertz CT molecular complexity index is 229. The van der Waals surface area contributed by atoms with Crippen molar-refractivity contribution in [1.29, 1.82) is 0 Å². The summed E-state index contributed by atoms with van der Waals surface area (Å²) in [5.74, 6) is -0.691. The van der Waals surface area contributed by atoms with Crippen molar-refractivity contribution in [2.24, 2.45) is 0 Å². The van der Waals surface area contributed by atoms with Crippen LogP contribution in [0, 0.1) is 0 Å². The van der Waals surface area contributed by atoms with Crippen LogP contribution in [-0.4, -0.2) is 37.7 Å². The van der Waals surface area contributed by atoms with Crippen LogP contribution in [0.1, 0.15) is 19.8 Å². The first-order chi connectivity index (χ1) is 6.63. The van der Waals surface area contributed by atoms with E-state index in [-0.39, 0.29) is 18.6 Å². The van der Waals surface area contributed by atoms with Gasteiger partial charge in [0.25, 0.3) is 0 Å². The SMILES string of the molecule is COC(=O)CNC(=O)C1CCC(C)O1. The fourth-order valence-electron chi connectivity index (χ4n) is 1.34. The van der Waals surface area contributed by atoms with Gasteiger partial charge < -0.3 is 14.8 Å². The van der Waals surface area contributed by atoms with Gasteiger partial charge in [0.15, 0.2) is 0 Å². The molecular weight excluding hydrogens is 186 g/mol. The predicted octanol–water partition coefficient (Wildman–Crippen LogP) is -0.157. The molecule has 80 valence electrons. The molecule has 2 atom stereocenters. The molecule has 1 fully saturated rings. The summed E-state index contributed by atoms with van der Waals surface area (Å²) in [7, 11) is 1.28. The average Bonchev–Trinajstić information content (AvgIpc) is 2.60. The Morgan fingerprint density at radius 1 is 1.50 bits per heavy atom. The second kappa shape index (κ2) is 4.95. The minimum Gasteiger partial charge on any atom is -0.468 e. The molecule has 5 heteroatoms. The third kappa shape index (κ3) is 2.99. The molecule has 0 saturated carbocycles. The molecule has 0 bridgehead atoms. The number of esters is 1. The van der Waals surface area contributed by atoms with E-state index in [1.165, 1.54) is 7.11 Å². The minimum absolute atomic E-state index is 0.0937. The van der Waals surface area contributed by atoms with Gasteiger partial charge in [-0.3, -0.25) is 9.59 Å². The van der Waals surface area contributed by atoms with Crippen LogP contribution in [0.5, 0.6) is 0 Å². The molecule has 2 unspecified atom stereocenters. The van der Waals surface area contributed by atoms with Gasteiger partial charge in [-0.05, 0) is 19.8 Å². The molecule has 14 heavy (non-hydrogen) atoms. The zero-order valence-corrected chi connectivity index (χ0v) is 8.41. The van der Waals surface area contributed by atoms with Gasteiger partial charge in [-0.15, -0.1) is 0 Å². The van der Waals surface area contributed by atoms with Crippen LogP contribution in [0.25, 0.3) is 0 Å². The van der Waals surface area contributed by atoms with E-state index in [1.54, 1.807) is 0 Å². The third-order valence-electron chi connectivity index (χ3n) is 2.16. The van der Waals surface area contributed by atoms with E-state index in [1.807, 2.05) is 6.92 Å². The van der Waals surface area contributed by atoms with E-state index in [0.717, 1.165) is 6.42 Å². The molecule has 0 radical (unpaired) electrons. The van der Waals surface area contributed by atoms with Gasteiger partial charge >= 0.3 is 5.97 Å². The Labute approximate surface area is 82.8 Å². The Hall–Kier alpha value is -1.10. The van der Waals surface area contributed by atoms with Gasteiger partial charge in [0, 0.05) is 0 Å². The maximum Gasteiger partial charge on any atom is 0.325 e. The fourth-order valence-corrected chi connectivity index (χ4v) is 1.34. The molecule has 0 aliphatic carbocycles. The zero-order valence-electron chi connectivity index (χ0n) is 8.41. The highest BCUT2D eigenvalue weighted by Gasteiger charge is 2.28. The Balaban J connectivity index is 2.25. The first kappa shape index (κ1) is 11.0. The van der Waals surface area contributed by atoms with Crippen LogP contribution >= 0.6 is 0 Å². The van der Waals surface area contributed by atoms with Gasteiger partial charge in [0.1, 0.15) is 12.6 Å². The Morgan fingerprint density at radius 3 is 2.71 bits per heavy atom. The first-order valence-electron chi connectivity index (χ1n) is 4.63. The quantitative estimate of drug-likeness (QED) is 0.644. The molecule has 1 saturated heterocycles. The number of hydrogen-bond acceptors (Lipinski definition) is 4. The van der Waals surface area contributed by atoms with Gasteiger partial charge in [-0.25, -0.2) is 0 Å². The molecule has 0 aromatic rings. The number of carbonyl (C=O) groups excluding carboxylic acids is 2. The molecule has 1 N–H and O–H groups in total. The van der Waals surface area contributed by atoms with Gasteiger partial charge in [0.2, 0.25) is 5.91 Å². The van der Waals surface area contributed by atoms with Crippen LogP contribution in [0.3, 0.4) is 0 Å². The summed E-state index contributed by atoms with van der Waals surface area (Å²) in [6.07, 6.45) is 1.32. The molecule has 0 aromatic heterocycles. The summed E-state index contributed by atoms with van der Waals surface area (Å²) >= 11 is 0. The number of hydrogen-bond donors (Lipinski definition) is 1. The van der Waals surface area contributed by atoms with E-state index >= 15 is 0 Å². The van der Waals surface area contributed by atoms with Crippen LogP contribution in [0.4, 0.5) is 0 Å². The summed E-state index contributed by atoms with van der Waals surface area (Å²) < 4.78 is 9.71. The van der Waals surface area contributed by atoms with Crippen molar-refractivity contribution in [3.05, 3.63) is 0 Å². The molecule has 1 heterocycles. The van der Waals surface area contributed by atoms with Crippen molar-refractivity contribution < 1.29 is 19.1 Å². The van der Waals surface area contributed by atoms with Crippen LogP contribution < -0.4 is 5.32 Å². The number of carbonyl (C=O) groups is 2. The summed E-state index contributed by atoms with van der Waals surface area (Å²) in [5, 5.41) is 2.46. The standard InChI is InChI=1S/C9H15NO4/c1-6-3-4-7(14-6)9(12)10-5-8(11)13-2/h6-7H,3-5H2,1-2H3,(H,10,12). The van der Waals surface area contributed by atoms with Gasteiger partial charge in [-0.1, -0.05) is 0 Å². The van der Waals surface area contributed by atoms with E-state index in [0.29, 0.717) is 6.42 Å². The van der Waals surface area contributed by atoms with Crippen LogP contribution in [0.2, 0.25) is 0 Å². The number of amides is 1. The molecule has 0 spiro atoms. The molecule has 0 aromatic carbocycles. The van der Waals surface area contributed by atoms with E-state index in [9.17, 15) is 9.59 Å². The lowest BCUT2D eigenvalue weighted by Gasteiger charge is -2.10. The lowest BCUT2D eigenvalue weighted by molar-refractivity contribution is -0.142. The van der Waals surface area contributed by atoms with Gasteiger partial charge in [0.05, 0.1) is 13.2 Å². The summed E-state index contributed by atoms with van der Waals surface area (Å²) in [4.78, 5) is 22.1. The monoisotopic (exact) mass is 201 g/mol. The number of methoxy groups -OCH3 is 1. The molecule has 1 aliphatic rings. The number of rotatable bonds is 3. The van der Waals surface area contributed by atoms with E-state index in [2.05, 4.69) is 10.1 Å². The predicted molar refractivity (Wildman–Crippen MR) is 48.6 cm³/mol. The highest BCUT2D eigenvalue weighted by molar-refractivity contribution is 5.85. The van der Waals surface area contributed by atoms with Crippen molar-refractivity contribution in [3.63, 3.8) is 0 Å². The normalized spacial score (nSPS) is 25.9. The summed E-state index contributed by atoms with van der Waals surface area (Å²) in [6.45, 7) is 1.83. The third-order valence-corrected chi connectivity index (χ3v) is 2.16. The summed E-state index contributed by atoms with van der Waals surface area (Å²) in [6, 6.07) is 0. The lowest BCUT2D eigenvalue weighted by atomic mass is 10.2. The van der Waals surface area contributed by atoms with Crippen molar-refractivity contribution in [3.8, 4) is 0 Å². The Kier molecular flexibility index (Phi) is 3.88. The lowest BCUT2D eigenvalue weighted by Crippen LogP contribution is -2.38. The molecule has 1 rings (SSSR count). The number of nitrogens with one attached hydrogen (secondary N) is 1. The molecular formula is C9H15NO4. The van der Waals surface area contributed by atoms with E-state index < -0.39 is 12.1 Å². The fraction of sp³-hybridized carbons (Fsp3) is 0.778. The maximum atomic E-state index is 11.4. The second-order valence-corrected chi connectivity index (χ2v) is 3.31. The smallest absolute Gasteiger partial charge is 0.325 e. The van der Waals surface area contributed by atoms with Crippen molar-refractivity contribution in [2.45, 2.75) is 32.0 Å². The largest absolute Gasteiger partial charge is 0.468 e. The zero-order chi connectivity index (χ0) is 10.6. The maximum absolute atomic E-state index is 11.4. The molecule has 5 nitrogen and oxygen atoms in total. The summed E-state index contributed by atoms with van der Waals surface area (Å²) in [5.41, 5.74) is 0. The second-order valence-electron chi connectivity index (χ2n) is 3.31. The highest BCUT2D eigenvalue weighted by Crippen LogP contribution is 2.18. The van der Waals surface area contributed by atoms with Crippen LogP contribution in [-0.2, 0) is 19.1 Å². The van der Waals surface area contributed by atoms with E-state index in [4.69, 9.17) is 4.74 Å². The topological polar surface area (TPSA) is 64.6 Å². The molecule has 1 aliphatic heterocycles. The highest BCUT2D eigenvalue weighted by atomic mass is 16.5. The van der Waals surface area contributed by atoms with Gasteiger partial charge in [-0.2, -0.15) is 0 Å². The Morgan fingerprint density at radius 2 is 2.21 bits per heavy atom. The average molecular weight is 201 g/mol. The minimum atomic E-state index is -0.454.